The Morgan fingerprint density at radius 1 is 1.40 bits per heavy atom. The molecule has 1 fully saturated rings. The molecule has 2 heterocycles. The van der Waals surface area contributed by atoms with Crippen molar-refractivity contribution in [2.24, 2.45) is 0 Å². The molecule has 1 saturated heterocycles. The molecule has 0 radical (unpaired) electrons. The summed E-state index contributed by atoms with van der Waals surface area (Å²) < 4.78 is 16.4. The number of hydrogen-bond donors (Lipinski definition) is 0. The minimum atomic E-state index is -0.262. The quantitative estimate of drug-likeness (QED) is 0.832. The fourth-order valence-electron chi connectivity index (χ4n) is 2.49. The van der Waals surface area contributed by atoms with E-state index in [2.05, 4.69) is 28.7 Å². The molecule has 0 amide bonds. The SMILES string of the molecule is COC[C@H]1CN(c2nc(C)cc(OC)n2)CC(C)(C)O1. The topological polar surface area (TPSA) is 56.7 Å². The predicted octanol–water partition coefficient (Wildman–Crippen LogP) is 1.42. The number of hydrogen-bond acceptors (Lipinski definition) is 6. The van der Waals surface area contributed by atoms with E-state index in [0.717, 1.165) is 12.2 Å². The van der Waals surface area contributed by atoms with Crippen LogP contribution in [0.15, 0.2) is 6.07 Å². The molecule has 6 nitrogen and oxygen atoms in total. The largest absolute Gasteiger partial charge is 0.481 e. The summed E-state index contributed by atoms with van der Waals surface area (Å²) in [5, 5.41) is 0. The molecule has 1 aliphatic heterocycles. The highest BCUT2D eigenvalue weighted by Crippen LogP contribution is 2.25. The van der Waals surface area contributed by atoms with Crippen molar-refractivity contribution in [3.05, 3.63) is 11.8 Å². The Kier molecular flexibility index (Phi) is 4.45. The minimum Gasteiger partial charge on any atom is -0.481 e. The zero-order valence-electron chi connectivity index (χ0n) is 12.8. The maximum Gasteiger partial charge on any atom is 0.229 e. The van der Waals surface area contributed by atoms with Crippen molar-refractivity contribution in [2.75, 3.05) is 38.8 Å². The smallest absolute Gasteiger partial charge is 0.229 e. The molecule has 6 heteroatoms. The second kappa shape index (κ2) is 5.93. The van der Waals surface area contributed by atoms with Gasteiger partial charge in [0.2, 0.25) is 11.8 Å². The first-order chi connectivity index (χ1) is 9.43. The minimum absolute atomic E-state index is 0.0128. The van der Waals surface area contributed by atoms with Crippen LogP contribution in [0.5, 0.6) is 5.88 Å². The highest BCUT2D eigenvalue weighted by atomic mass is 16.5. The molecule has 1 atom stereocenters. The number of morpholine rings is 1. The third-order valence-corrected chi connectivity index (χ3v) is 3.14. The van der Waals surface area contributed by atoms with E-state index in [1.807, 2.05) is 13.0 Å². The molecule has 0 aliphatic carbocycles. The number of anilines is 1. The van der Waals surface area contributed by atoms with E-state index in [1.54, 1.807) is 14.2 Å². The van der Waals surface area contributed by atoms with Gasteiger partial charge >= 0.3 is 0 Å². The Labute approximate surface area is 120 Å². The number of ether oxygens (including phenoxy) is 3. The van der Waals surface area contributed by atoms with Crippen LogP contribution in [0.2, 0.25) is 0 Å². The molecule has 1 aliphatic rings. The standard InChI is InChI=1S/C14H23N3O3/c1-10-6-12(19-5)16-13(15-10)17-7-11(8-18-4)20-14(2,3)9-17/h6,11H,7-9H2,1-5H3/t11-/m1/s1. The maximum atomic E-state index is 6.00. The van der Waals surface area contributed by atoms with E-state index in [4.69, 9.17) is 14.2 Å². The van der Waals surface area contributed by atoms with Crippen LogP contribution in [0.4, 0.5) is 5.95 Å². The van der Waals surface area contributed by atoms with Crippen LogP contribution in [-0.4, -0.2) is 55.6 Å². The van der Waals surface area contributed by atoms with Crippen LogP contribution in [0.3, 0.4) is 0 Å². The molecule has 1 aromatic rings. The van der Waals surface area contributed by atoms with Gasteiger partial charge in [-0.1, -0.05) is 0 Å². The van der Waals surface area contributed by atoms with Crippen LogP contribution >= 0.6 is 0 Å². The van der Waals surface area contributed by atoms with Crippen LogP contribution < -0.4 is 9.64 Å². The van der Waals surface area contributed by atoms with Crippen molar-refractivity contribution in [3.63, 3.8) is 0 Å². The second-order valence-corrected chi connectivity index (χ2v) is 5.69. The summed E-state index contributed by atoms with van der Waals surface area (Å²) in [6, 6.07) is 1.82. The summed E-state index contributed by atoms with van der Waals surface area (Å²) in [7, 11) is 3.30. The first-order valence-corrected chi connectivity index (χ1v) is 6.75. The second-order valence-electron chi connectivity index (χ2n) is 5.69. The van der Waals surface area contributed by atoms with Crippen molar-refractivity contribution in [1.82, 2.24) is 9.97 Å². The summed E-state index contributed by atoms with van der Waals surface area (Å²) in [6.45, 7) is 8.07. The molecule has 0 bridgehead atoms. The van der Waals surface area contributed by atoms with Crippen LogP contribution in [0, 0.1) is 6.92 Å². The lowest BCUT2D eigenvalue weighted by Crippen LogP contribution is -2.54. The molecule has 112 valence electrons. The molecular formula is C14H23N3O3. The van der Waals surface area contributed by atoms with Crippen molar-refractivity contribution in [3.8, 4) is 5.88 Å². The van der Waals surface area contributed by atoms with Gasteiger partial charge in [-0.2, -0.15) is 4.98 Å². The van der Waals surface area contributed by atoms with E-state index in [9.17, 15) is 0 Å². The monoisotopic (exact) mass is 281 g/mol. The van der Waals surface area contributed by atoms with Gasteiger partial charge in [-0.25, -0.2) is 4.98 Å². The Hall–Kier alpha value is -1.40. The average Bonchev–Trinajstić information content (AvgIpc) is 2.36. The van der Waals surface area contributed by atoms with Gasteiger partial charge in [0.1, 0.15) is 0 Å². The van der Waals surface area contributed by atoms with E-state index < -0.39 is 0 Å². The summed E-state index contributed by atoms with van der Waals surface area (Å²) in [5.74, 6) is 1.26. The predicted molar refractivity (Wildman–Crippen MR) is 76.4 cm³/mol. The zero-order chi connectivity index (χ0) is 14.8. The average molecular weight is 281 g/mol. The molecule has 0 saturated carbocycles. The summed E-state index contributed by atoms with van der Waals surface area (Å²) in [6.07, 6.45) is 0.0128. The van der Waals surface area contributed by atoms with Gasteiger partial charge < -0.3 is 19.1 Å². The highest BCUT2D eigenvalue weighted by Gasteiger charge is 2.34. The summed E-state index contributed by atoms with van der Waals surface area (Å²) in [5.41, 5.74) is 0.626. The van der Waals surface area contributed by atoms with Crippen LogP contribution in [0.1, 0.15) is 19.5 Å². The van der Waals surface area contributed by atoms with Crippen LogP contribution in [-0.2, 0) is 9.47 Å². The maximum absolute atomic E-state index is 6.00. The molecule has 1 aromatic heterocycles. The number of aryl methyl sites for hydroxylation is 1. The summed E-state index contributed by atoms with van der Waals surface area (Å²) >= 11 is 0. The van der Waals surface area contributed by atoms with Gasteiger partial charge in [0.15, 0.2) is 0 Å². The van der Waals surface area contributed by atoms with Gasteiger partial charge in [-0.3, -0.25) is 0 Å². The van der Waals surface area contributed by atoms with Crippen molar-refractivity contribution >= 4 is 5.95 Å². The first-order valence-electron chi connectivity index (χ1n) is 6.75. The lowest BCUT2D eigenvalue weighted by atomic mass is 10.1. The Balaban J connectivity index is 2.24. The van der Waals surface area contributed by atoms with Gasteiger partial charge in [-0.05, 0) is 20.8 Å². The lowest BCUT2D eigenvalue weighted by Gasteiger charge is -2.42. The molecule has 0 N–H and O–H groups in total. The molecule has 0 spiro atoms. The molecule has 20 heavy (non-hydrogen) atoms. The third-order valence-electron chi connectivity index (χ3n) is 3.14. The van der Waals surface area contributed by atoms with Crippen LogP contribution in [0.25, 0.3) is 0 Å². The van der Waals surface area contributed by atoms with Gasteiger partial charge in [0.25, 0.3) is 0 Å². The molecule has 0 unspecified atom stereocenters. The first kappa shape index (κ1) is 15.0. The lowest BCUT2D eigenvalue weighted by molar-refractivity contribution is -0.106. The molecule has 0 aromatic carbocycles. The Bertz CT molecular complexity index is 465. The number of rotatable bonds is 4. The van der Waals surface area contributed by atoms with E-state index in [1.165, 1.54) is 0 Å². The fraction of sp³-hybridized carbons (Fsp3) is 0.714. The van der Waals surface area contributed by atoms with E-state index in [0.29, 0.717) is 25.0 Å². The van der Waals surface area contributed by atoms with Gasteiger partial charge in [-0.15, -0.1) is 0 Å². The zero-order valence-corrected chi connectivity index (χ0v) is 12.8. The fourth-order valence-corrected chi connectivity index (χ4v) is 2.49. The normalized spacial score (nSPS) is 21.9. The number of aromatic nitrogens is 2. The Morgan fingerprint density at radius 2 is 2.15 bits per heavy atom. The number of methoxy groups -OCH3 is 2. The Morgan fingerprint density at radius 3 is 2.80 bits per heavy atom. The highest BCUT2D eigenvalue weighted by molar-refractivity contribution is 5.36. The van der Waals surface area contributed by atoms with Crippen molar-refractivity contribution in [2.45, 2.75) is 32.5 Å². The third kappa shape index (κ3) is 3.58. The molecular weight excluding hydrogens is 258 g/mol. The molecule has 2 rings (SSSR count). The number of nitrogens with zero attached hydrogens (tertiary/aromatic N) is 3. The van der Waals surface area contributed by atoms with Gasteiger partial charge in [0, 0.05) is 32.0 Å². The van der Waals surface area contributed by atoms with E-state index >= 15 is 0 Å². The van der Waals surface area contributed by atoms with E-state index in [-0.39, 0.29) is 11.7 Å². The van der Waals surface area contributed by atoms with Crippen molar-refractivity contribution < 1.29 is 14.2 Å². The summed E-state index contributed by atoms with van der Waals surface area (Å²) in [4.78, 5) is 11.1. The van der Waals surface area contributed by atoms with Crippen molar-refractivity contribution in [1.29, 1.82) is 0 Å². The van der Waals surface area contributed by atoms with Gasteiger partial charge in [0.05, 0.1) is 25.4 Å².